The van der Waals surface area contributed by atoms with Crippen LogP contribution in [0.4, 0.5) is 5.69 Å². The van der Waals surface area contributed by atoms with Crippen LogP contribution in [0.3, 0.4) is 0 Å². The predicted octanol–water partition coefficient (Wildman–Crippen LogP) is 3.65. The zero-order valence-corrected chi connectivity index (χ0v) is 12.4. The fourth-order valence-electron chi connectivity index (χ4n) is 1.77. The van der Waals surface area contributed by atoms with Crippen molar-refractivity contribution in [2.24, 2.45) is 0 Å². The van der Waals surface area contributed by atoms with Gasteiger partial charge in [0.15, 0.2) is 0 Å². The van der Waals surface area contributed by atoms with E-state index in [1.165, 1.54) is 18.2 Å². The lowest BCUT2D eigenvalue weighted by atomic mass is 10.1. The van der Waals surface area contributed by atoms with E-state index in [1.54, 1.807) is 19.1 Å². The molecule has 0 aliphatic rings. The first-order valence-corrected chi connectivity index (χ1v) is 6.62. The number of pyridine rings is 1. The second-order valence-corrected chi connectivity index (χ2v) is 4.97. The second-order valence-electron chi connectivity index (χ2n) is 4.23. The molecule has 2 aromatic rings. The first-order valence-electron chi connectivity index (χ1n) is 5.86. The Hall–Kier alpha value is -2.11. The molecule has 0 unspecified atom stereocenters. The topological polar surface area (TPSA) is 79.3 Å². The van der Waals surface area contributed by atoms with Crippen LogP contribution < -0.4 is 5.32 Å². The molecule has 0 bridgehead atoms. The summed E-state index contributed by atoms with van der Waals surface area (Å²) in [6, 6.07) is 7.56. The fourth-order valence-corrected chi connectivity index (χ4v) is 2.20. The number of nitrogens with zero attached hydrogens (tertiary/aromatic N) is 1. The largest absolute Gasteiger partial charge is 0.478 e. The average molecular weight is 325 g/mol. The van der Waals surface area contributed by atoms with Crippen LogP contribution in [0.15, 0.2) is 30.3 Å². The van der Waals surface area contributed by atoms with Crippen molar-refractivity contribution in [1.82, 2.24) is 4.98 Å². The standard InChI is InChI=1S/C14H10Cl2N2O3/c1-7-3-2-4-8(14(20)21)11(7)18-13(19)9-5-6-10(15)17-12(9)16/h2-6H,1H3,(H,18,19)(H,20,21). The van der Waals surface area contributed by atoms with Gasteiger partial charge < -0.3 is 10.4 Å². The molecule has 0 aliphatic heterocycles. The molecule has 0 saturated heterocycles. The van der Waals surface area contributed by atoms with Crippen LogP contribution in [-0.2, 0) is 0 Å². The lowest BCUT2D eigenvalue weighted by molar-refractivity contribution is 0.0698. The molecule has 0 saturated carbocycles. The van der Waals surface area contributed by atoms with Crippen molar-refractivity contribution in [3.05, 3.63) is 57.3 Å². The molecule has 0 fully saturated rings. The number of carbonyl (C=O) groups is 2. The summed E-state index contributed by atoms with van der Waals surface area (Å²) in [7, 11) is 0. The van der Waals surface area contributed by atoms with Gasteiger partial charge in [-0.15, -0.1) is 0 Å². The van der Waals surface area contributed by atoms with Crippen molar-refractivity contribution >= 4 is 40.8 Å². The van der Waals surface area contributed by atoms with Crippen LogP contribution in [0.2, 0.25) is 10.3 Å². The molecule has 21 heavy (non-hydrogen) atoms. The molecular weight excluding hydrogens is 315 g/mol. The van der Waals surface area contributed by atoms with E-state index in [4.69, 9.17) is 28.3 Å². The van der Waals surface area contributed by atoms with Crippen molar-refractivity contribution in [3.8, 4) is 0 Å². The number of hydrogen-bond acceptors (Lipinski definition) is 3. The molecule has 0 radical (unpaired) electrons. The number of nitrogens with one attached hydrogen (secondary N) is 1. The number of aromatic nitrogens is 1. The number of benzene rings is 1. The third-order valence-electron chi connectivity index (χ3n) is 2.80. The number of carboxylic acids is 1. The summed E-state index contributed by atoms with van der Waals surface area (Å²) in [5.41, 5.74) is 0.962. The number of hydrogen-bond donors (Lipinski definition) is 2. The highest BCUT2D eigenvalue weighted by atomic mass is 35.5. The summed E-state index contributed by atoms with van der Waals surface area (Å²) in [6.07, 6.45) is 0. The second kappa shape index (κ2) is 6.11. The summed E-state index contributed by atoms with van der Waals surface area (Å²) in [5.74, 6) is -1.68. The Morgan fingerprint density at radius 1 is 1.14 bits per heavy atom. The molecule has 2 rings (SSSR count). The van der Waals surface area contributed by atoms with Gasteiger partial charge in [0.2, 0.25) is 0 Å². The van der Waals surface area contributed by atoms with Crippen LogP contribution in [0.5, 0.6) is 0 Å². The minimum atomic E-state index is -1.13. The number of halogens is 2. The van der Waals surface area contributed by atoms with Gasteiger partial charge in [0.05, 0.1) is 16.8 Å². The monoisotopic (exact) mass is 324 g/mol. The van der Waals surface area contributed by atoms with E-state index in [0.717, 1.165) is 0 Å². The third-order valence-corrected chi connectivity index (χ3v) is 3.30. The van der Waals surface area contributed by atoms with Gasteiger partial charge in [-0.25, -0.2) is 9.78 Å². The first kappa shape index (κ1) is 15.3. The zero-order valence-electron chi connectivity index (χ0n) is 10.9. The number of aromatic carboxylic acids is 1. The Morgan fingerprint density at radius 2 is 1.86 bits per heavy atom. The minimum absolute atomic E-state index is 0.00129. The lowest BCUT2D eigenvalue weighted by Gasteiger charge is -2.12. The molecule has 1 aromatic heterocycles. The number of carboxylic acid groups (broad SMARTS) is 1. The van der Waals surface area contributed by atoms with Crippen LogP contribution in [-0.4, -0.2) is 22.0 Å². The molecule has 1 amide bonds. The van der Waals surface area contributed by atoms with Crippen molar-refractivity contribution in [2.45, 2.75) is 6.92 Å². The van der Waals surface area contributed by atoms with E-state index in [0.29, 0.717) is 5.56 Å². The van der Waals surface area contributed by atoms with Crippen molar-refractivity contribution in [2.75, 3.05) is 5.32 Å². The highest BCUT2D eigenvalue weighted by Crippen LogP contribution is 2.23. The van der Waals surface area contributed by atoms with Gasteiger partial charge in [0.25, 0.3) is 5.91 Å². The van der Waals surface area contributed by atoms with Crippen LogP contribution in [0.1, 0.15) is 26.3 Å². The number of para-hydroxylation sites is 1. The quantitative estimate of drug-likeness (QED) is 0.844. The Labute approximate surface area is 130 Å². The Bertz CT molecular complexity index is 732. The summed E-state index contributed by atoms with van der Waals surface area (Å²) in [6.45, 7) is 1.70. The molecule has 7 heteroatoms. The normalized spacial score (nSPS) is 10.2. The number of amides is 1. The van der Waals surface area contributed by atoms with E-state index in [9.17, 15) is 9.59 Å². The van der Waals surface area contributed by atoms with Crippen LogP contribution in [0, 0.1) is 6.92 Å². The maximum atomic E-state index is 12.2. The number of aryl methyl sites for hydroxylation is 1. The number of carbonyl (C=O) groups excluding carboxylic acids is 1. The maximum absolute atomic E-state index is 12.2. The van der Waals surface area contributed by atoms with E-state index in [-0.39, 0.29) is 27.1 Å². The van der Waals surface area contributed by atoms with Crippen LogP contribution in [0.25, 0.3) is 0 Å². The van der Waals surface area contributed by atoms with Crippen molar-refractivity contribution in [1.29, 1.82) is 0 Å². The van der Waals surface area contributed by atoms with E-state index < -0.39 is 11.9 Å². The third kappa shape index (κ3) is 3.32. The fraction of sp³-hybridized carbons (Fsp3) is 0.0714. The van der Waals surface area contributed by atoms with E-state index in [1.807, 2.05) is 0 Å². The molecule has 1 heterocycles. The summed E-state index contributed by atoms with van der Waals surface area (Å²) in [5, 5.41) is 11.8. The minimum Gasteiger partial charge on any atom is -0.478 e. The Balaban J connectivity index is 2.38. The van der Waals surface area contributed by atoms with Gasteiger partial charge in [-0.2, -0.15) is 0 Å². The first-order chi connectivity index (χ1) is 9.90. The van der Waals surface area contributed by atoms with Gasteiger partial charge in [-0.05, 0) is 30.7 Å². The SMILES string of the molecule is Cc1cccc(C(=O)O)c1NC(=O)c1ccc(Cl)nc1Cl. The molecule has 2 N–H and O–H groups in total. The average Bonchev–Trinajstić information content (AvgIpc) is 2.40. The van der Waals surface area contributed by atoms with Gasteiger partial charge in [-0.3, -0.25) is 4.79 Å². The molecule has 1 aromatic carbocycles. The predicted molar refractivity (Wildman–Crippen MR) is 80.3 cm³/mol. The van der Waals surface area contributed by atoms with Gasteiger partial charge in [-0.1, -0.05) is 35.3 Å². The summed E-state index contributed by atoms with van der Waals surface area (Å²) < 4.78 is 0. The summed E-state index contributed by atoms with van der Waals surface area (Å²) >= 11 is 11.5. The van der Waals surface area contributed by atoms with Crippen molar-refractivity contribution in [3.63, 3.8) is 0 Å². The van der Waals surface area contributed by atoms with Gasteiger partial charge in [0.1, 0.15) is 10.3 Å². The smallest absolute Gasteiger partial charge is 0.337 e. The highest BCUT2D eigenvalue weighted by Gasteiger charge is 2.17. The molecule has 5 nitrogen and oxygen atoms in total. The lowest BCUT2D eigenvalue weighted by Crippen LogP contribution is -2.16. The molecule has 108 valence electrons. The number of rotatable bonds is 3. The molecular formula is C14H10Cl2N2O3. The van der Waals surface area contributed by atoms with Crippen molar-refractivity contribution < 1.29 is 14.7 Å². The summed E-state index contributed by atoms with van der Waals surface area (Å²) in [4.78, 5) is 27.2. The zero-order chi connectivity index (χ0) is 15.6. The van der Waals surface area contributed by atoms with E-state index >= 15 is 0 Å². The highest BCUT2D eigenvalue weighted by molar-refractivity contribution is 6.35. The van der Waals surface area contributed by atoms with E-state index in [2.05, 4.69) is 10.3 Å². The number of anilines is 1. The van der Waals surface area contributed by atoms with Crippen LogP contribution >= 0.6 is 23.2 Å². The Kier molecular flexibility index (Phi) is 4.45. The molecule has 0 atom stereocenters. The van der Waals surface area contributed by atoms with Gasteiger partial charge in [0, 0.05) is 0 Å². The van der Waals surface area contributed by atoms with Gasteiger partial charge >= 0.3 is 5.97 Å². The maximum Gasteiger partial charge on any atom is 0.337 e. The molecule has 0 aliphatic carbocycles. The molecule has 0 spiro atoms. The Morgan fingerprint density at radius 3 is 2.48 bits per heavy atom.